The van der Waals surface area contributed by atoms with Gasteiger partial charge in [0.1, 0.15) is 0 Å². The summed E-state index contributed by atoms with van der Waals surface area (Å²) >= 11 is 0. The molecule has 184 valence electrons. The zero-order valence-electron chi connectivity index (χ0n) is 20.6. The molecule has 2 atom stereocenters. The quantitative estimate of drug-likeness (QED) is 0.171. The average Bonchev–Trinajstić information content (AvgIpc) is 3.25. The lowest BCUT2D eigenvalue weighted by molar-refractivity contribution is -0.140. The van der Waals surface area contributed by atoms with Crippen LogP contribution in [0.4, 0.5) is 0 Å². The Balaban J connectivity index is 1.58. The van der Waals surface area contributed by atoms with Gasteiger partial charge in [0.25, 0.3) is 11.8 Å². The maximum Gasteiger partial charge on any atom is 0.253 e. The first kappa shape index (κ1) is 27.0. The molecule has 0 aromatic heterocycles. The molecule has 6 heteroatoms. The number of unbranched alkanes of at least 4 members (excludes halogenated alkanes) is 8. The van der Waals surface area contributed by atoms with Crippen LogP contribution in [0.1, 0.15) is 97.3 Å². The molecule has 0 saturated carbocycles. The fourth-order valence-electron chi connectivity index (χ4n) is 4.49. The van der Waals surface area contributed by atoms with E-state index in [0.29, 0.717) is 19.0 Å². The maximum atomic E-state index is 12.6. The zero-order chi connectivity index (χ0) is 24.1. The van der Waals surface area contributed by atoms with E-state index in [2.05, 4.69) is 19.9 Å². The molecule has 0 radical (unpaired) electrons. The molecule has 2 rings (SSSR count). The second-order valence-corrected chi connectivity index (χ2v) is 9.58. The molecule has 0 aromatic rings. The Labute approximate surface area is 199 Å². The van der Waals surface area contributed by atoms with Crippen LogP contribution in [0.2, 0.25) is 0 Å². The fraction of sp³-hybridized carbons (Fsp3) is 0.704. The molecule has 2 heterocycles. The lowest BCUT2D eigenvalue weighted by Crippen LogP contribution is -2.32. The Bertz CT molecular complexity index is 710. The van der Waals surface area contributed by atoms with Gasteiger partial charge in [0.15, 0.2) is 0 Å². The molecule has 2 aliphatic rings. The maximum absolute atomic E-state index is 12.6. The summed E-state index contributed by atoms with van der Waals surface area (Å²) in [6.45, 7) is 5.19. The van der Waals surface area contributed by atoms with Crippen molar-refractivity contribution in [2.24, 2.45) is 11.8 Å². The van der Waals surface area contributed by atoms with Crippen molar-refractivity contribution in [3.05, 3.63) is 24.3 Å². The molecule has 0 aliphatic carbocycles. The highest BCUT2D eigenvalue weighted by Crippen LogP contribution is 2.23. The van der Waals surface area contributed by atoms with E-state index >= 15 is 0 Å². The van der Waals surface area contributed by atoms with Gasteiger partial charge in [0.05, 0.1) is 5.92 Å². The van der Waals surface area contributed by atoms with Crippen LogP contribution in [0.5, 0.6) is 0 Å². The fourth-order valence-corrected chi connectivity index (χ4v) is 4.49. The molecule has 0 aromatic carbocycles. The largest absolute Gasteiger partial charge is 0.282 e. The van der Waals surface area contributed by atoms with E-state index in [4.69, 9.17) is 0 Å². The molecule has 2 aliphatic heterocycles. The van der Waals surface area contributed by atoms with Crippen molar-refractivity contribution in [1.29, 1.82) is 0 Å². The third-order valence-corrected chi connectivity index (χ3v) is 6.70. The highest BCUT2D eigenvalue weighted by molar-refractivity contribution is 6.12. The van der Waals surface area contributed by atoms with Gasteiger partial charge < -0.3 is 0 Å². The molecule has 2 unspecified atom stereocenters. The first-order valence-electron chi connectivity index (χ1n) is 13.0. The summed E-state index contributed by atoms with van der Waals surface area (Å²) in [7, 11) is 0. The number of nitrogens with zero attached hydrogens (tertiary/aromatic N) is 2. The SMILES string of the molecule is CCCCCCCCCC/C=C/C1CC(=O)N(CCC(C)CCCN2C(=O)C=CC2=O)C1=O. The predicted molar refractivity (Wildman–Crippen MR) is 130 cm³/mol. The standard InChI is InChI=1S/C27H42N2O4/c1-3-4-5-6-7-8-9-10-11-12-15-23-21-26(32)29(27(23)33)20-18-22(2)14-13-19-28-24(30)16-17-25(28)31/h12,15-17,22-23H,3-11,13-14,18-21H2,1-2H3/b15-12+. The number of hydrogen-bond acceptors (Lipinski definition) is 4. The number of imide groups is 2. The lowest BCUT2D eigenvalue weighted by Gasteiger charge is -2.19. The first-order chi connectivity index (χ1) is 15.9. The number of allylic oxidation sites excluding steroid dienone is 1. The van der Waals surface area contributed by atoms with E-state index in [0.717, 1.165) is 32.1 Å². The van der Waals surface area contributed by atoms with Gasteiger partial charge in [-0.3, -0.25) is 29.0 Å². The van der Waals surface area contributed by atoms with Gasteiger partial charge in [-0.15, -0.1) is 0 Å². The Hall–Kier alpha value is -2.24. The van der Waals surface area contributed by atoms with Crippen molar-refractivity contribution in [3.8, 4) is 0 Å². The van der Waals surface area contributed by atoms with Crippen molar-refractivity contribution < 1.29 is 19.2 Å². The number of amides is 4. The minimum Gasteiger partial charge on any atom is -0.282 e. The summed E-state index contributed by atoms with van der Waals surface area (Å²) in [4.78, 5) is 50.8. The van der Waals surface area contributed by atoms with E-state index < -0.39 is 0 Å². The van der Waals surface area contributed by atoms with Crippen LogP contribution in [0, 0.1) is 11.8 Å². The predicted octanol–water partition coefficient (Wildman–Crippen LogP) is 5.18. The van der Waals surface area contributed by atoms with Crippen LogP contribution < -0.4 is 0 Å². The van der Waals surface area contributed by atoms with E-state index in [9.17, 15) is 19.2 Å². The van der Waals surface area contributed by atoms with Crippen LogP contribution in [0.3, 0.4) is 0 Å². The lowest BCUT2D eigenvalue weighted by atomic mass is 10.0. The summed E-state index contributed by atoms with van der Waals surface area (Å²) in [5.41, 5.74) is 0. The van der Waals surface area contributed by atoms with Crippen molar-refractivity contribution in [1.82, 2.24) is 9.80 Å². The Morgan fingerprint density at radius 3 is 2.15 bits per heavy atom. The minimum absolute atomic E-state index is 0.0706. The molecule has 0 spiro atoms. The third kappa shape index (κ3) is 9.26. The zero-order valence-corrected chi connectivity index (χ0v) is 20.6. The monoisotopic (exact) mass is 458 g/mol. The van der Waals surface area contributed by atoms with Crippen molar-refractivity contribution in [3.63, 3.8) is 0 Å². The second kappa shape index (κ2) is 14.8. The molecule has 6 nitrogen and oxygen atoms in total. The number of carbonyl (C=O) groups excluding carboxylic acids is 4. The second-order valence-electron chi connectivity index (χ2n) is 9.58. The van der Waals surface area contributed by atoms with Crippen LogP contribution in [-0.2, 0) is 19.2 Å². The third-order valence-electron chi connectivity index (χ3n) is 6.70. The number of hydrogen-bond donors (Lipinski definition) is 0. The van der Waals surface area contributed by atoms with Gasteiger partial charge in [-0.05, 0) is 38.0 Å². The summed E-state index contributed by atoms with van der Waals surface area (Å²) in [6.07, 6.45) is 20.5. The van der Waals surface area contributed by atoms with Crippen LogP contribution >= 0.6 is 0 Å². The molecule has 0 bridgehead atoms. The van der Waals surface area contributed by atoms with Crippen molar-refractivity contribution >= 4 is 23.6 Å². The number of rotatable bonds is 17. The molecule has 1 saturated heterocycles. The van der Waals surface area contributed by atoms with Crippen molar-refractivity contribution in [2.75, 3.05) is 13.1 Å². The van der Waals surface area contributed by atoms with Gasteiger partial charge in [0, 0.05) is 31.7 Å². The first-order valence-corrected chi connectivity index (χ1v) is 13.0. The highest BCUT2D eigenvalue weighted by atomic mass is 16.2. The normalized spacial score (nSPS) is 19.6. The summed E-state index contributed by atoms with van der Waals surface area (Å²) < 4.78 is 0. The Kier molecular flexibility index (Phi) is 12.1. The van der Waals surface area contributed by atoms with Gasteiger partial charge in [-0.25, -0.2) is 0 Å². The minimum atomic E-state index is -0.304. The van der Waals surface area contributed by atoms with Gasteiger partial charge in [0.2, 0.25) is 11.8 Å². The average molecular weight is 459 g/mol. The van der Waals surface area contributed by atoms with E-state index in [1.807, 2.05) is 6.08 Å². The summed E-state index contributed by atoms with van der Waals surface area (Å²) in [6, 6.07) is 0. The van der Waals surface area contributed by atoms with E-state index in [-0.39, 0.29) is 36.0 Å². The summed E-state index contributed by atoms with van der Waals surface area (Å²) in [5.74, 6) is -0.638. The van der Waals surface area contributed by atoms with E-state index in [1.54, 1.807) is 0 Å². The van der Waals surface area contributed by atoms with Gasteiger partial charge in [-0.2, -0.15) is 0 Å². The topological polar surface area (TPSA) is 74.8 Å². The van der Waals surface area contributed by atoms with Crippen LogP contribution in [-0.4, -0.2) is 46.5 Å². The smallest absolute Gasteiger partial charge is 0.253 e. The van der Waals surface area contributed by atoms with Crippen molar-refractivity contribution in [2.45, 2.75) is 97.3 Å². The molecular weight excluding hydrogens is 416 g/mol. The van der Waals surface area contributed by atoms with E-state index in [1.165, 1.54) is 66.9 Å². The number of carbonyl (C=O) groups is 4. The van der Waals surface area contributed by atoms with Gasteiger partial charge >= 0.3 is 0 Å². The van der Waals surface area contributed by atoms with Crippen LogP contribution in [0.25, 0.3) is 0 Å². The van der Waals surface area contributed by atoms with Gasteiger partial charge in [-0.1, -0.05) is 70.9 Å². The summed E-state index contributed by atoms with van der Waals surface area (Å²) in [5, 5.41) is 0. The highest BCUT2D eigenvalue weighted by Gasteiger charge is 2.36. The Morgan fingerprint density at radius 1 is 0.848 bits per heavy atom. The number of likely N-dealkylation sites (tertiary alicyclic amines) is 1. The molecular formula is C27H42N2O4. The molecule has 4 amide bonds. The molecule has 1 fully saturated rings. The Morgan fingerprint density at radius 2 is 1.48 bits per heavy atom. The molecule has 33 heavy (non-hydrogen) atoms. The van der Waals surface area contributed by atoms with Crippen LogP contribution in [0.15, 0.2) is 24.3 Å². The molecule has 0 N–H and O–H groups in total.